The second kappa shape index (κ2) is 5.00. The molecule has 0 heterocycles. The zero-order valence-corrected chi connectivity index (χ0v) is 9.21. The van der Waals surface area contributed by atoms with Crippen LogP contribution in [0.5, 0.6) is 5.75 Å². The summed E-state index contributed by atoms with van der Waals surface area (Å²) in [7, 11) is 3.09. The smallest absolute Gasteiger partial charge is 0.325 e. The number of carboxylic acid groups (broad SMARTS) is 1. The number of carbonyl (C=O) groups is 1. The number of hydrogen-bond acceptors (Lipinski definition) is 3. The SMILES string of the molecule is CNC(C(=O)O)c1ccc(OC)c(Cl)c1. The van der Waals surface area contributed by atoms with Crippen molar-refractivity contribution >= 4 is 17.6 Å². The summed E-state index contributed by atoms with van der Waals surface area (Å²) in [5.41, 5.74) is 0.593. The Morgan fingerprint density at radius 3 is 2.67 bits per heavy atom. The molecule has 0 aliphatic carbocycles. The molecule has 0 amide bonds. The lowest BCUT2D eigenvalue weighted by atomic mass is 10.1. The number of halogens is 1. The molecule has 1 atom stereocenters. The Labute approximate surface area is 92.8 Å². The molecule has 0 aromatic heterocycles. The van der Waals surface area contributed by atoms with Crippen molar-refractivity contribution < 1.29 is 14.6 Å². The first-order chi connectivity index (χ1) is 7.10. The average molecular weight is 230 g/mol. The van der Waals surface area contributed by atoms with Gasteiger partial charge >= 0.3 is 5.97 Å². The Hall–Kier alpha value is -1.26. The summed E-state index contributed by atoms with van der Waals surface area (Å²) in [6.07, 6.45) is 0. The summed E-state index contributed by atoms with van der Waals surface area (Å²) in [6.45, 7) is 0. The zero-order valence-electron chi connectivity index (χ0n) is 8.45. The van der Waals surface area contributed by atoms with Gasteiger partial charge in [-0.25, -0.2) is 0 Å². The van der Waals surface area contributed by atoms with Gasteiger partial charge in [0, 0.05) is 0 Å². The highest BCUT2D eigenvalue weighted by Crippen LogP contribution is 2.27. The minimum absolute atomic E-state index is 0.400. The Morgan fingerprint density at radius 1 is 1.60 bits per heavy atom. The highest BCUT2D eigenvalue weighted by molar-refractivity contribution is 6.32. The third-order valence-corrected chi connectivity index (χ3v) is 2.34. The first-order valence-corrected chi connectivity index (χ1v) is 4.71. The monoisotopic (exact) mass is 229 g/mol. The summed E-state index contributed by atoms with van der Waals surface area (Å²) in [4.78, 5) is 10.9. The minimum atomic E-state index is -0.946. The Morgan fingerprint density at radius 2 is 2.27 bits per heavy atom. The molecular weight excluding hydrogens is 218 g/mol. The van der Waals surface area contributed by atoms with Gasteiger partial charge in [-0.05, 0) is 24.7 Å². The van der Waals surface area contributed by atoms with Crippen LogP contribution in [-0.4, -0.2) is 25.2 Å². The third kappa shape index (κ3) is 2.61. The van der Waals surface area contributed by atoms with Crippen molar-refractivity contribution in [3.8, 4) is 5.75 Å². The van der Waals surface area contributed by atoms with Crippen LogP contribution in [0, 0.1) is 0 Å². The molecule has 0 aliphatic rings. The Kier molecular flexibility index (Phi) is 3.94. The number of benzene rings is 1. The molecule has 0 fully saturated rings. The van der Waals surface area contributed by atoms with E-state index < -0.39 is 12.0 Å². The van der Waals surface area contributed by atoms with Gasteiger partial charge in [-0.3, -0.25) is 4.79 Å². The van der Waals surface area contributed by atoms with E-state index in [1.165, 1.54) is 7.11 Å². The molecule has 15 heavy (non-hydrogen) atoms. The molecule has 5 heteroatoms. The van der Waals surface area contributed by atoms with Gasteiger partial charge < -0.3 is 15.2 Å². The van der Waals surface area contributed by atoms with Crippen LogP contribution in [0.4, 0.5) is 0 Å². The second-order valence-electron chi connectivity index (χ2n) is 2.95. The highest BCUT2D eigenvalue weighted by Gasteiger charge is 2.18. The molecule has 0 saturated heterocycles. The van der Waals surface area contributed by atoms with Gasteiger partial charge in [0.15, 0.2) is 0 Å². The first-order valence-electron chi connectivity index (χ1n) is 4.33. The predicted molar refractivity (Wildman–Crippen MR) is 57.4 cm³/mol. The average Bonchev–Trinajstić information content (AvgIpc) is 2.18. The topological polar surface area (TPSA) is 58.6 Å². The molecule has 0 saturated carbocycles. The molecule has 82 valence electrons. The quantitative estimate of drug-likeness (QED) is 0.825. The number of aliphatic carboxylic acids is 1. The van der Waals surface area contributed by atoms with Crippen LogP contribution < -0.4 is 10.1 Å². The molecule has 1 aromatic carbocycles. The van der Waals surface area contributed by atoms with Gasteiger partial charge in [-0.1, -0.05) is 17.7 Å². The lowest BCUT2D eigenvalue weighted by molar-refractivity contribution is -0.139. The highest BCUT2D eigenvalue weighted by atomic mass is 35.5. The normalized spacial score (nSPS) is 12.2. The molecule has 0 aliphatic heterocycles. The lowest BCUT2D eigenvalue weighted by Gasteiger charge is -2.12. The first kappa shape index (κ1) is 11.8. The van der Waals surface area contributed by atoms with E-state index in [1.54, 1.807) is 25.2 Å². The maximum absolute atomic E-state index is 10.9. The summed E-state index contributed by atoms with van der Waals surface area (Å²) >= 11 is 5.89. The van der Waals surface area contributed by atoms with E-state index in [4.69, 9.17) is 21.4 Å². The van der Waals surface area contributed by atoms with Crippen LogP contribution in [-0.2, 0) is 4.79 Å². The van der Waals surface area contributed by atoms with Gasteiger partial charge in [0.2, 0.25) is 0 Å². The summed E-state index contributed by atoms with van der Waals surface area (Å²) < 4.78 is 4.97. The molecular formula is C10H12ClNO3. The van der Waals surface area contributed by atoms with Crippen molar-refractivity contribution in [2.45, 2.75) is 6.04 Å². The molecule has 4 nitrogen and oxygen atoms in total. The molecule has 0 spiro atoms. The van der Waals surface area contributed by atoms with E-state index in [2.05, 4.69) is 5.32 Å². The fourth-order valence-electron chi connectivity index (χ4n) is 1.29. The van der Waals surface area contributed by atoms with Gasteiger partial charge in [0.05, 0.1) is 12.1 Å². The van der Waals surface area contributed by atoms with E-state index in [-0.39, 0.29) is 0 Å². The largest absolute Gasteiger partial charge is 0.495 e. The number of likely N-dealkylation sites (N-methyl/N-ethyl adjacent to an activating group) is 1. The number of rotatable bonds is 4. The van der Waals surface area contributed by atoms with Crippen molar-refractivity contribution in [1.82, 2.24) is 5.32 Å². The van der Waals surface area contributed by atoms with E-state index in [0.29, 0.717) is 16.3 Å². The van der Waals surface area contributed by atoms with Crippen molar-refractivity contribution in [1.29, 1.82) is 0 Å². The number of hydrogen-bond donors (Lipinski definition) is 2. The van der Waals surface area contributed by atoms with Crippen LogP contribution >= 0.6 is 11.6 Å². The van der Waals surface area contributed by atoms with Crippen molar-refractivity contribution in [3.05, 3.63) is 28.8 Å². The van der Waals surface area contributed by atoms with Crippen molar-refractivity contribution in [2.24, 2.45) is 0 Å². The number of ether oxygens (including phenoxy) is 1. The predicted octanol–water partition coefficient (Wildman–Crippen LogP) is 1.69. The molecule has 1 unspecified atom stereocenters. The van der Waals surface area contributed by atoms with Crippen LogP contribution in [0.3, 0.4) is 0 Å². The van der Waals surface area contributed by atoms with Crippen LogP contribution in [0.1, 0.15) is 11.6 Å². The zero-order chi connectivity index (χ0) is 11.4. The van der Waals surface area contributed by atoms with Gasteiger partial charge in [-0.15, -0.1) is 0 Å². The molecule has 1 aromatic rings. The standard InChI is InChI=1S/C10H12ClNO3/c1-12-9(10(13)14)6-3-4-8(15-2)7(11)5-6/h3-5,9,12H,1-2H3,(H,13,14). The maximum Gasteiger partial charge on any atom is 0.325 e. The minimum Gasteiger partial charge on any atom is -0.495 e. The number of nitrogens with one attached hydrogen (secondary N) is 1. The molecule has 2 N–H and O–H groups in total. The fourth-order valence-corrected chi connectivity index (χ4v) is 1.56. The summed E-state index contributed by atoms with van der Waals surface area (Å²) in [5, 5.41) is 12.0. The Balaban J connectivity index is 3.05. The second-order valence-corrected chi connectivity index (χ2v) is 3.36. The lowest BCUT2D eigenvalue weighted by Crippen LogP contribution is -2.24. The maximum atomic E-state index is 10.9. The van der Waals surface area contributed by atoms with Crippen LogP contribution in [0.15, 0.2) is 18.2 Å². The summed E-state index contributed by atoms with van der Waals surface area (Å²) in [6, 6.07) is 4.13. The van der Waals surface area contributed by atoms with Crippen molar-refractivity contribution in [2.75, 3.05) is 14.2 Å². The number of carboxylic acids is 1. The van der Waals surface area contributed by atoms with Crippen LogP contribution in [0.25, 0.3) is 0 Å². The van der Waals surface area contributed by atoms with E-state index in [0.717, 1.165) is 0 Å². The number of methoxy groups -OCH3 is 1. The van der Waals surface area contributed by atoms with E-state index >= 15 is 0 Å². The molecule has 0 bridgehead atoms. The van der Waals surface area contributed by atoms with Gasteiger partial charge in [0.1, 0.15) is 11.8 Å². The van der Waals surface area contributed by atoms with Gasteiger partial charge in [0.25, 0.3) is 0 Å². The van der Waals surface area contributed by atoms with E-state index in [9.17, 15) is 4.79 Å². The Bertz CT molecular complexity index is 368. The summed E-state index contributed by atoms with van der Waals surface area (Å²) in [5.74, 6) is -0.417. The van der Waals surface area contributed by atoms with E-state index in [1.807, 2.05) is 0 Å². The van der Waals surface area contributed by atoms with Gasteiger partial charge in [-0.2, -0.15) is 0 Å². The molecule has 0 radical (unpaired) electrons. The van der Waals surface area contributed by atoms with Crippen LogP contribution in [0.2, 0.25) is 5.02 Å². The fraction of sp³-hybridized carbons (Fsp3) is 0.300. The van der Waals surface area contributed by atoms with Crippen molar-refractivity contribution in [3.63, 3.8) is 0 Å². The third-order valence-electron chi connectivity index (χ3n) is 2.04. The molecule has 1 rings (SSSR count).